The highest BCUT2D eigenvalue weighted by Gasteiger charge is 1.97. The van der Waals surface area contributed by atoms with Crippen LogP contribution in [0.15, 0.2) is 36.8 Å². The molecule has 88 valence electrons. The minimum Gasteiger partial charge on any atom is -0.432 e. The molecule has 0 rings (SSSR count). The van der Waals surface area contributed by atoms with Gasteiger partial charge in [0.05, 0.1) is 12.5 Å². The Morgan fingerprint density at radius 1 is 0.875 bits per heavy atom. The zero-order valence-corrected chi connectivity index (χ0v) is 9.51. The van der Waals surface area contributed by atoms with Crippen LogP contribution >= 0.6 is 0 Å². The predicted molar refractivity (Wildman–Crippen MR) is 60.2 cm³/mol. The Balaban J connectivity index is 3.88. The Kier molecular flexibility index (Phi) is 8.59. The van der Waals surface area contributed by atoms with Gasteiger partial charge in [-0.3, -0.25) is 0 Å². The van der Waals surface area contributed by atoms with Crippen molar-refractivity contribution in [1.82, 2.24) is 0 Å². The Morgan fingerprint density at radius 2 is 1.25 bits per heavy atom. The maximum Gasteiger partial charge on any atom is 0.335 e. The lowest BCUT2D eigenvalue weighted by atomic mass is 10.5. The lowest BCUT2D eigenvalue weighted by Gasteiger charge is -1.92. The molecule has 4 nitrogen and oxygen atoms in total. The zero-order chi connectivity index (χ0) is 12.2. The molecule has 0 bridgehead atoms. The van der Waals surface area contributed by atoms with E-state index in [1.54, 1.807) is 12.2 Å². The summed E-state index contributed by atoms with van der Waals surface area (Å²) in [6.07, 6.45) is 9.54. The fraction of sp³-hybridized carbons (Fsp3) is 0.333. The van der Waals surface area contributed by atoms with Gasteiger partial charge in [-0.25, -0.2) is 9.59 Å². The van der Waals surface area contributed by atoms with Crippen LogP contribution in [0.3, 0.4) is 0 Å². The third kappa shape index (κ3) is 8.74. The standard InChI is InChI=1S/C12H16O4/c1-3-5-9-15-11(13)7-8-12(14)16-10-6-4-2/h5-10H,3-4H2,1-2H3. The molecule has 0 aliphatic carbocycles. The first-order chi connectivity index (χ1) is 7.70. The summed E-state index contributed by atoms with van der Waals surface area (Å²) in [4.78, 5) is 21.9. The monoisotopic (exact) mass is 224 g/mol. The van der Waals surface area contributed by atoms with Crippen molar-refractivity contribution in [1.29, 1.82) is 0 Å². The number of rotatable bonds is 6. The second kappa shape index (κ2) is 9.71. The molecule has 0 N–H and O–H groups in total. The first-order valence-electron chi connectivity index (χ1n) is 5.10. The number of hydrogen-bond donors (Lipinski definition) is 0. The van der Waals surface area contributed by atoms with Gasteiger partial charge in [-0.2, -0.15) is 0 Å². The average Bonchev–Trinajstić information content (AvgIpc) is 2.27. The molecule has 0 aromatic heterocycles. The number of carbonyl (C=O) groups excluding carboxylic acids is 2. The van der Waals surface area contributed by atoms with E-state index in [-0.39, 0.29) is 0 Å². The molecule has 0 saturated heterocycles. The molecule has 0 radical (unpaired) electrons. The van der Waals surface area contributed by atoms with E-state index in [9.17, 15) is 9.59 Å². The molecule has 0 unspecified atom stereocenters. The summed E-state index contributed by atoms with van der Waals surface area (Å²) in [5.41, 5.74) is 0. The minimum absolute atomic E-state index is 0.610. The van der Waals surface area contributed by atoms with E-state index in [4.69, 9.17) is 0 Å². The first-order valence-corrected chi connectivity index (χ1v) is 5.10. The molecule has 0 amide bonds. The third-order valence-corrected chi connectivity index (χ3v) is 1.39. The SMILES string of the molecule is CCC=COC(=O)C=CC(=O)OC=CCC. The van der Waals surface area contributed by atoms with E-state index in [2.05, 4.69) is 9.47 Å². The van der Waals surface area contributed by atoms with E-state index < -0.39 is 11.9 Å². The Bertz CT molecular complexity index is 270. The maximum absolute atomic E-state index is 11.0. The smallest absolute Gasteiger partial charge is 0.335 e. The summed E-state index contributed by atoms with van der Waals surface area (Å²) >= 11 is 0. The molecule has 0 spiro atoms. The van der Waals surface area contributed by atoms with Gasteiger partial charge < -0.3 is 9.47 Å². The van der Waals surface area contributed by atoms with E-state index in [1.165, 1.54) is 12.5 Å². The first kappa shape index (κ1) is 14.2. The maximum atomic E-state index is 11.0. The van der Waals surface area contributed by atoms with Gasteiger partial charge in [0, 0.05) is 12.2 Å². The molecule has 4 heteroatoms. The number of allylic oxidation sites excluding steroid dienone is 2. The van der Waals surface area contributed by atoms with Crippen LogP contribution in [0.1, 0.15) is 26.7 Å². The van der Waals surface area contributed by atoms with Gasteiger partial charge in [-0.05, 0) is 25.0 Å². The van der Waals surface area contributed by atoms with Gasteiger partial charge in [0.1, 0.15) is 0 Å². The van der Waals surface area contributed by atoms with E-state index >= 15 is 0 Å². The van der Waals surface area contributed by atoms with Crippen molar-refractivity contribution < 1.29 is 19.1 Å². The van der Waals surface area contributed by atoms with Crippen molar-refractivity contribution in [3.8, 4) is 0 Å². The van der Waals surface area contributed by atoms with Crippen molar-refractivity contribution in [3.05, 3.63) is 36.8 Å². The highest BCUT2D eigenvalue weighted by atomic mass is 16.5. The largest absolute Gasteiger partial charge is 0.432 e. The summed E-state index contributed by atoms with van der Waals surface area (Å²) < 4.78 is 9.25. The van der Waals surface area contributed by atoms with Gasteiger partial charge >= 0.3 is 11.9 Å². The van der Waals surface area contributed by atoms with E-state index in [0.717, 1.165) is 25.0 Å². The van der Waals surface area contributed by atoms with Crippen LogP contribution in [0.4, 0.5) is 0 Å². The average molecular weight is 224 g/mol. The second-order valence-electron chi connectivity index (χ2n) is 2.77. The summed E-state index contributed by atoms with van der Waals surface area (Å²) in [6, 6.07) is 0. The van der Waals surface area contributed by atoms with Crippen LogP contribution in [0.25, 0.3) is 0 Å². The van der Waals surface area contributed by atoms with Crippen LogP contribution in [-0.2, 0) is 19.1 Å². The molecular formula is C12H16O4. The fourth-order valence-electron chi connectivity index (χ4n) is 0.637. The summed E-state index contributed by atoms with van der Waals surface area (Å²) in [7, 11) is 0. The zero-order valence-electron chi connectivity index (χ0n) is 9.51. The van der Waals surface area contributed by atoms with Crippen molar-refractivity contribution in [2.24, 2.45) is 0 Å². The fourth-order valence-corrected chi connectivity index (χ4v) is 0.637. The second-order valence-corrected chi connectivity index (χ2v) is 2.77. The molecule has 0 saturated carbocycles. The number of ether oxygens (including phenoxy) is 2. The highest BCUT2D eigenvalue weighted by Crippen LogP contribution is 1.89. The number of esters is 2. The van der Waals surface area contributed by atoms with Gasteiger partial charge in [-0.1, -0.05) is 13.8 Å². The quantitative estimate of drug-likeness (QED) is 0.395. The summed E-state index contributed by atoms with van der Waals surface area (Å²) in [5, 5.41) is 0. The highest BCUT2D eigenvalue weighted by molar-refractivity contribution is 5.92. The predicted octanol–water partition coefficient (Wildman–Crippen LogP) is 2.48. The van der Waals surface area contributed by atoms with Crippen LogP contribution in [0.2, 0.25) is 0 Å². The lowest BCUT2D eigenvalue weighted by Crippen LogP contribution is -1.98. The molecule has 0 aliphatic rings. The number of hydrogen-bond acceptors (Lipinski definition) is 4. The van der Waals surface area contributed by atoms with Crippen LogP contribution in [0, 0.1) is 0 Å². The molecule has 0 heterocycles. The van der Waals surface area contributed by atoms with E-state index in [0.29, 0.717) is 0 Å². The van der Waals surface area contributed by atoms with Crippen molar-refractivity contribution >= 4 is 11.9 Å². The van der Waals surface area contributed by atoms with Gasteiger partial charge in [-0.15, -0.1) is 0 Å². The van der Waals surface area contributed by atoms with Crippen LogP contribution < -0.4 is 0 Å². The van der Waals surface area contributed by atoms with Crippen molar-refractivity contribution in [2.45, 2.75) is 26.7 Å². The molecule has 16 heavy (non-hydrogen) atoms. The molecule has 0 aliphatic heterocycles. The number of carbonyl (C=O) groups is 2. The summed E-state index contributed by atoms with van der Waals surface area (Å²) in [6.45, 7) is 3.83. The third-order valence-electron chi connectivity index (χ3n) is 1.39. The summed E-state index contributed by atoms with van der Waals surface area (Å²) in [5.74, 6) is -1.22. The van der Waals surface area contributed by atoms with Crippen LogP contribution in [-0.4, -0.2) is 11.9 Å². The lowest BCUT2D eigenvalue weighted by molar-refractivity contribution is -0.135. The molecular weight excluding hydrogens is 208 g/mol. The Labute approximate surface area is 95.2 Å². The van der Waals surface area contributed by atoms with Gasteiger partial charge in [0.15, 0.2) is 0 Å². The van der Waals surface area contributed by atoms with Crippen molar-refractivity contribution in [3.63, 3.8) is 0 Å². The van der Waals surface area contributed by atoms with Crippen molar-refractivity contribution in [2.75, 3.05) is 0 Å². The van der Waals surface area contributed by atoms with Gasteiger partial charge in [0.2, 0.25) is 0 Å². The minimum atomic E-state index is -0.610. The normalized spacial score (nSPS) is 11.4. The molecule has 0 aromatic rings. The van der Waals surface area contributed by atoms with Crippen LogP contribution in [0.5, 0.6) is 0 Å². The van der Waals surface area contributed by atoms with E-state index in [1.807, 2.05) is 13.8 Å². The molecule has 0 fully saturated rings. The Hall–Kier alpha value is -1.84. The Morgan fingerprint density at radius 3 is 1.56 bits per heavy atom. The van der Waals surface area contributed by atoms with Gasteiger partial charge in [0.25, 0.3) is 0 Å². The molecule has 0 atom stereocenters. The molecule has 0 aromatic carbocycles. The topological polar surface area (TPSA) is 52.6 Å².